The van der Waals surface area contributed by atoms with Gasteiger partial charge >= 0.3 is 0 Å². The molecule has 2 aliphatic rings. The quantitative estimate of drug-likeness (QED) is 0.0678. The standard InChI is InChI=1S/C50H61ClN6O10S/c1-28-42(68-27-54-28)29-9-14-32(15-10-29)53-22-38(59)37-19-33(58)23-57(37)45(64)43(48(2,3)4)55-41(62)26-65-24-39(60)40(61)25-66-34-16-11-30(12-17-34)44(63)56-46-49(5,6)47(50(46,7)8)67-35-18-13-31(21-52)36(51)20-35/h9-18,20,27,33,37,39-40,43,46-47,53,58,60-61H,19,22-26H2,1-8H3,(H,55,62)(H,56,63)/t33-,37+,39+,40+,43-,46?,47?/m1/s1. The number of benzene rings is 3. The van der Waals surface area contributed by atoms with Crippen molar-refractivity contribution in [2.24, 2.45) is 16.2 Å². The Morgan fingerprint density at radius 2 is 1.62 bits per heavy atom. The smallest absolute Gasteiger partial charge is 0.251 e. The molecule has 1 aromatic heterocycles. The number of nitrogens with one attached hydrogen (secondary N) is 3. The molecule has 5 atom stereocenters. The molecule has 1 saturated carbocycles. The number of nitriles is 1. The number of ether oxygens (including phenoxy) is 3. The van der Waals surface area contributed by atoms with Crippen molar-refractivity contribution < 1.29 is 48.7 Å². The first-order valence-corrected chi connectivity index (χ1v) is 23.7. The molecule has 6 rings (SSSR count). The number of aryl methyl sites for hydroxylation is 1. The third-order valence-corrected chi connectivity index (χ3v) is 13.9. The maximum Gasteiger partial charge on any atom is 0.251 e. The fraction of sp³-hybridized carbons (Fsp3) is 0.480. The molecule has 6 N–H and O–H groups in total. The molecule has 3 amide bonds. The maximum atomic E-state index is 14.0. The number of hydrogen-bond acceptors (Lipinski definition) is 14. The van der Waals surface area contributed by atoms with E-state index in [9.17, 15) is 39.8 Å². The van der Waals surface area contributed by atoms with E-state index in [2.05, 4.69) is 20.9 Å². The van der Waals surface area contributed by atoms with E-state index >= 15 is 0 Å². The highest BCUT2D eigenvalue weighted by molar-refractivity contribution is 7.13. The molecule has 2 heterocycles. The molecule has 4 aromatic rings. The van der Waals surface area contributed by atoms with Gasteiger partial charge in [0.15, 0.2) is 5.78 Å². The average Bonchev–Trinajstić information content (AvgIpc) is 3.91. The molecule has 68 heavy (non-hydrogen) atoms. The van der Waals surface area contributed by atoms with Crippen molar-refractivity contribution in [3.05, 3.63) is 94.1 Å². The van der Waals surface area contributed by atoms with Crippen molar-refractivity contribution in [1.29, 1.82) is 5.26 Å². The Morgan fingerprint density at radius 1 is 0.971 bits per heavy atom. The van der Waals surface area contributed by atoms with Crippen LogP contribution in [0.15, 0.2) is 72.2 Å². The van der Waals surface area contributed by atoms with E-state index in [1.54, 1.807) is 80.1 Å². The summed E-state index contributed by atoms with van der Waals surface area (Å²) in [6.45, 7) is 13.8. The highest BCUT2D eigenvalue weighted by Gasteiger charge is 2.64. The Bertz CT molecular complexity index is 2470. The first-order chi connectivity index (χ1) is 32.0. The summed E-state index contributed by atoms with van der Waals surface area (Å²) in [5, 5.41) is 50.2. The lowest BCUT2D eigenvalue weighted by Crippen LogP contribution is -2.74. The van der Waals surface area contributed by atoms with E-state index < -0.39 is 71.7 Å². The SMILES string of the molecule is Cc1ncsc1-c1ccc(NCC(=O)[C@@H]2C[C@@H](O)CN2C(=O)[C@@H](NC(=O)COC[C@H](O)[C@@H](O)COc2ccc(C(=O)NC3C(C)(C)C(Oc4ccc(C#N)c(Cl)c4)C3(C)C)cc2)C(C)(C)C)cc1. The van der Waals surface area contributed by atoms with Crippen molar-refractivity contribution >= 4 is 52.1 Å². The van der Waals surface area contributed by atoms with Crippen LogP contribution >= 0.6 is 22.9 Å². The number of carbonyl (C=O) groups excluding carboxylic acids is 4. The third-order valence-electron chi connectivity index (χ3n) is 12.6. The van der Waals surface area contributed by atoms with Gasteiger partial charge in [-0.2, -0.15) is 5.26 Å². The number of hydrogen-bond donors (Lipinski definition) is 6. The minimum atomic E-state index is -1.43. The zero-order valence-electron chi connectivity index (χ0n) is 39.5. The number of halogens is 1. The molecule has 16 nitrogen and oxygen atoms in total. The molecule has 1 aliphatic heterocycles. The Morgan fingerprint density at radius 3 is 2.22 bits per heavy atom. The van der Waals surface area contributed by atoms with E-state index in [4.69, 9.17) is 25.8 Å². The molecule has 1 saturated heterocycles. The summed E-state index contributed by atoms with van der Waals surface area (Å²) in [6.07, 6.45) is -3.96. The predicted octanol–water partition coefficient (Wildman–Crippen LogP) is 5.55. The van der Waals surface area contributed by atoms with Crippen molar-refractivity contribution in [3.63, 3.8) is 0 Å². The summed E-state index contributed by atoms with van der Waals surface area (Å²) in [7, 11) is 0. The number of aliphatic hydroxyl groups excluding tert-OH is 3. The highest BCUT2D eigenvalue weighted by Crippen LogP contribution is 2.55. The van der Waals surface area contributed by atoms with Gasteiger partial charge in [-0.25, -0.2) is 4.98 Å². The predicted molar refractivity (Wildman–Crippen MR) is 257 cm³/mol. The highest BCUT2D eigenvalue weighted by atomic mass is 35.5. The second-order valence-electron chi connectivity index (χ2n) is 19.7. The number of ketones is 1. The number of anilines is 1. The fourth-order valence-corrected chi connectivity index (χ4v) is 10.2. The van der Waals surface area contributed by atoms with Gasteiger partial charge in [0.05, 0.1) is 52.0 Å². The zero-order chi connectivity index (χ0) is 49.7. The number of nitrogens with zero attached hydrogens (tertiary/aromatic N) is 3. The average molecular weight is 974 g/mol. The summed E-state index contributed by atoms with van der Waals surface area (Å²) in [5.74, 6) is -0.897. The monoisotopic (exact) mass is 972 g/mol. The van der Waals surface area contributed by atoms with Gasteiger partial charge in [0.1, 0.15) is 55.1 Å². The minimum absolute atomic E-state index is 0.0616. The van der Waals surface area contributed by atoms with Gasteiger partial charge in [-0.3, -0.25) is 19.2 Å². The van der Waals surface area contributed by atoms with E-state index in [-0.39, 0.29) is 50.0 Å². The number of carbonyl (C=O) groups is 4. The molecule has 0 unspecified atom stereocenters. The van der Waals surface area contributed by atoms with Crippen molar-refractivity contribution in [2.75, 3.05) is 38.2 Å². The molecule has 2 fully saturated rings. The minimum Gasteiger partial charge on any atom is -0.491 e. The topological polar surface area (TPSA) is 233 Å². The van der Waals surface area contributed by atoms with Gasteiger partial charge in [0, 0.05) is 47.2 Å². The number of aliphatic hydroxyl groups is 3. The number of thiazole rings is 1. The van der Waals surface area contributed by atoms with Gasteiger partial charge in [0.25, 0.3) is 5.91 Å². The van der Waals surface area contributed by atoms with Gasteiger partial charge in [0.2, 0.25) is 11.8 Å². The summed E-state index contributed by atoms with van der Waals surface area (Å²) in [6, 6.07) is 18.7. The summed E-state index contributed by atoms with van der Waals surface area (Å²) < 4.78 is 17.4. The van der Waals surface area contributed by atoms with Crippen LogP contribution in [0.1, 0.15) is 76.5 Å². The lowest BCUT2D eigenvalue weighted by molar-refractivity contribution is -0.164. The van der Waals surface area contributed by atoms with E-state index in [1.807, 2.05) is 65.0 Å². The number of rotatable bonds is 19. The van der Waals surface area contributed by atoms with Crippen LogP contribution < -0.4 is 25.4 Å². The van der Waals surface area contributed by atoms with Crippen molar-refractivity contribution in [2.45, 2.75) is 104 Å². The third kappa shape index (κ3) is 12.0. The number of β-amino-alcohol motifs (C(OH)–C–C–N with tert-alkyl or cyclic N) is 1. The van der Waals surface area contributed by atoms with Crippen molar-refractivity contribution in [3.8, 4) is 28.0 Å². The Labute approximate surface area is 406 Å². The Hall–Kier alpha value is -5.61. The van der Waals surface area contributed by atoms with Gasteiger partial charge in [-0.1, -0.05) is 72.2 Å². The molecular weight excluding hydrogens is 912 g/mol. The maximum absolute atomic E-state index is 14.0. The van der Waals surface area contributed by atoms with Crippen LogP contribution in [0.5, 0.6) is 11.5 Å². The first kappa shape index (κ1) is 51.8. The van der Waals surface area contributed by atoms with Crippen LogP contribution in [-0.4, -0.2) is 124 Å². The molecule has 3 aromatic carbocycles. The normalized spacial score (nSPS) is 20.8. The fourth-order valence-electron chi connectivity index (χ4n) is 9.19. The van der Waals surface area contributed by atoms with Crippen LogP contribution in [0.2, 0.25) is 5.02 Å². The van der Waals surface area contributed by atoms with Gasteiger partial charge in [-0.15, -0.1) is 11.3 Å². The molecule has 1 aliphatic carbocycles. The first-order valence-electron chi connectivity index (χ1n) is 22.4. The van der Waals surface area contributed by atoms with Crippen LogP contribution in [0, 0.1) is 34.5 Å². The summed E-state index contributed by atoms with van der Waals surface area (Å²) in [5.41, 5.74) is 3.48. The molecule has 0 radical (unpaired) electrons. The van der Waals surface area contributed by atoms with Crippen molar-refractivity contribution in [1.82, 2.24) is 20.5 Å². The molecule has 0 bridgehead atoms. The van der Waals surface area contributed by atoms with Crippen LogP contribution in [0.4, 0.5) is 5.69 Å². The number of Topliss-reactive ketones (excluding diaryl/α,β-unsaturated/α-hetero) is 1. The lowest BCUT2D eigenvalue weighted by atomic mass is 9.49. The van der Waals surface area contributed by atoms with E-state index in [0.29, 0.717) is 33.3 Å². The van der Waals surface area contributed by atoms with Crippen LogP contribution in [-0.2, 0) is 19.1 Å². The number of likely N-dealkylation sites (tertiary alicyclic amines) is 1. The largest absolute Gasteiger partial charge is 0.491 e. The number of amides is 3. The summed E-state index contributed by atoms with van der Waals surface area (Å²) in [4.78, 5) is 60.7. The molecule has 18 heteroatoms. The zero-order valence-corrected chi connectivity index (χ0v) is 41.1. The van der Waals surface area contributed by atoms with E-state index in [0.717, 1.165) is 16.1 Å². The Balaban J connectivity index is 0.930. The molecular formula is C50H61ClN6O10S. The van der Waals surface area contributed by atoms with E-state index in [1.165, 1.54) is 4.90 Å². The molecule has 0 spiro atoms. The number of aromatic nitrogens is 1. The van der Waals surface area contributed by atoms with Crippen LogP contribution in [0.3, 0.4) is 0 Å². The van der Waals surface area contributed by atoms with Gasteiger partial charge in [-0.05, 0) is 66.4 Å². The molecule has 364 valence electrons. The second-order valence-corrected chi connectivity index (χ2v) is 21.0. The summed E-state index contributed by atoms with van der Waals surface area (Å²) >= 11 is 7.77. The van der Waals surface area contributed by atoms with Crippen LogP contribution in [0.25, 0.3) is 10.4 Å². The lowest BCUT2D eigenvalue weighted by Gasteiger charge is -2.63. The Kier molecular flexibility index (Phi) is 16.3. The second kappa shape index (κ2) is 21.4. The van der Waals surface area contributed by atoms with Gasteiger partial charge < -0.3 is 50.4 Å².